The van der Waals surface area contributed by atoms with E-state index in [1.165, 1.54) is 21.6 Å². The Bertz CT molecular complexity index is 1190. The van der Waals surface area contributed by atoms with Crippen LogP contribution in [-0.2, 0) is 16.1 Å². The maximum Gasteiger partial charge on any atom is 0.419 e. The van der Waals surface area contributed by atoms with E-state index in [1.54, 1.807) is 85.0 Å². The number of hydrogen-bond acceptors (Lipinski definition) is 5. The smallest absolute Gasteiger partial charge is 0.419 e. The Labute approximate surface area is 199 Å². The summed E-state index contributed by atoms with van der Waals surface area (Å²) in [5, 5.41) is 0.695. The number of anilines is 1. The van der Waals surface area contributed by atoms with Crippen LogP contribution in [0.2, 0.25) is 0 Å². The molecule has 7 nitrogen and oxygen atoms in total. The maximum absolute atomic E-state index is 13.9. The molecule has 3 rings (SSSR count). The summed E-state index contributed by atoms with van der Waals surface area (Å²) in [6.45, 7) is 10.8. The highest BCUT2D eigenvalue weighted by Gasteiger charge is 2.23. The monoisotopic (exact) mass is 470 g/mol. The third-order valence-electron chi connectivity index (χ3n) is 4.70. The van der Waals surface area contributed by atoms with Crippen LogP contribution in [0.4, 0.5) is 19.7 Å². The molecule has 0 radical (unpaired) electrons. The molecule has 0 saturated carbocycles. The maximum atomic E-state index is 13.9. The normalized spacial score (nSPS) is 11.9. The lowest BCUT2D eigenvalue weighted by atomic mass is 10.2. The van der Waals surface area contributed by atoms with Crippen LogP contribution in [0.5, 0.6) is 5.75 Å². The highest BCUT2D eigenvalue weighted by atomic mass is 19.1. The van der Waals surface area contributed by atoms with Crippen LogP contribution in [0.1, 0.15) is 47.2 Å². The summed E-state index contributed by atoms with van der Waals surface area (Å²) in [6.07, 6.45) is -1.07. The van der Waals surface area contributed by atoms with Crippen LogP contribution in [0.3, 0.4) is 0 Å². The van der Waals surface area contributed by atoms with Gasteiger partial charge in [0.1, 0.15) is 29.4 Å². The van der Waals surface area contributed by atoms with Crippen LogP contribution in [0, 0.1) is 5.82 Å². The second-order valence-corrected chi connectivity index (χ2v) is 9.98. The molecule has 1 aromatic heterocycles. The number of amides is 1. The molecule has 34 heavy (non-hydrogen) atoms. The molecule has 0 aliphatic carbocycles. The van der Waals surface area contributed by atoms with E-state index in [0.29, 0.717) is 28.0 Å². The van der Waals surface area contributed by atoms with Crippen molar-refractivity contribution >= 4 is 28.8 Å². The van der Waals surface area contributed by atoms with Gasteiger partial charge in [-0.15, -0.1) is 0 Å². The summed E-state index contributed by atoms with van der Waals surface area (Å²) < 4.78 is 32.0. The van der Waals surface area contributed by atoms with Crippen molar-refractivity contribution in [3.63, 3.8) is 0 Å². The van der Waals surface area contributed by atoms with Crippen LogP contribution >= 0.6 is 0 Å². The molecule has 0 atom stereocenters. The molecule has 182 valence electrons. The fourth-order valence-corrected chi connectivity index (χ4v) is 3.22. The predicted octanol–water partition coefficient (Wildman–Crippen LogP) is 6.51. The molecule has 1 amide bonds. The first-order chi connectivity index (χ1) is 15.7. The minimum atomic E-state index is -0.713. The molecule has 0 aliphatic heterocycles. The van der Waals surface area contributed by atoms with Gasteiger partial charge >= 0.3 is 12.2 Å². The van der Waals surface area contributed by atoms with E-state index in [9.17, 15) is 14.0 Å². The van der Waals surface area contributed by atoms with Gasteiger partial charge in [-0.2, -0.15) is 0 Å². The number of carbonyl (C=O) groups excluding carboxylic acids is 2. The number of aromatic nitrogens is 1. The van der Waals surface area contributed by atoms with Gasteiger partial charge in [-0.3, -0.25) is 4.90 Å². The van der Waals surface area contributed by atoms with E-state index in [1.807, 2.05) is 0 Å². The lowest BCUT2D eigenvalue weighted by Gasteiger charge is -2.24. The third kappa shape index (κ3) is 6.27. The standard InChI is InChI=1S/C26H31FN2O5/c1-25(2,3)33-23(30)28(7)19-10-12-21(13-11-19)32-16-20-14-17-8-9-18(27)15-22(17)29(20)24(31)34-26(4,5)6/h8-15H,16H2,1-7H3. The van der Waals surface area contributed by atoms with Gasteiger partial charge in [0.25, 0.3) is 0 Å². The lowest BCUT2D eigenvalue weighted by Crippen LogP contribution is -2.34. The summed E-state index contributed by atoms with van der Waals surface area (Å²) in [6, 6.07) is 12.9. The van der Waals surface area contributed by atoms with Crippen molar-refractivity contribution in [2.45, 2.75) is 59.4 Å². The quantitative estimate of drug-likeness (QED) is 0.434. The first-order valence-corrected chi connectivity index (χ1v) is 11.0. The van der Waals surface area contributed by atoms with Gasteiger partial charge in [0, 0.05) is 18.1 Å². The highest BCUT2D eigenvalue weighted by Crippen LogP contribution is 2.26. The summed E-state index contributed by atoms with van der Waals surface area (Å²) >= 11 is 0. The molecule has 0 saturated heterocycles. The van der Waals surface area contributed by atoms with Gasteiger partial charge in [0.15, 0.2) is 0 Å². The summed E-state index contributed by atoms with van der Waals surface area (Å²) in [5.74, 6) is 0.0843. The highest BCUT2D eigenvalue weighted by molar-refractivity contribution is 5.91. The first-order valence-electron chi connectivity index (χ1n) is 11.0. The third-order valence-corrected chi connectivity index (χ3v) is 4.70. The second kappa shape index (κ2) is 9.37. The predicted molar refractivity (Wildman–Crippen MR) is 129 cm³/mol. The van der Waals surface area contributed by atoms with Gasteiger partial charge in [-0.1, -0.05) is 0 Å². The van der Waals surface area contributed by atoms with Crippen molar-refractivity contribution in [1.29, 1.82) is 0 Å². The fraction of sp³-hybridized carbons (Fsp3) is 0.385. The number of benzene rings is 2. The number of halogens is 1. The van der Waals surface area contributed by atoms with Crippen LogP contribution in [0.25, 0.3) is 10.9 Å². The number of hydrogen-bond donors (Lipinski definition) is 0. The molecule has 3 aromatic rings. The summed E-state index contributed by atoms with van der Waals surface area (Å²) in [7, 11) is 1.63. The van der Waals surface area contributed by atoms with Crippen molar-refractivity contribution in [3.05, 3.63) is 60.0 Å². The van der Waals surface area contributed by atoms with Gasteiger partial charge in [-0.25, -0.2) is 18.5 Å². The minimum absolute atomic E-state index is 0.0524. The zero-order valence-electron chi connectivity index (χ0n) is 20.6. The Morgan fingerprint density at radius 1 is 0.912 bits per heavy atom. The number of nitrogens with zero attached hydrogens (tertiary/aromatic N) is 2. The molecule has 1 heterocycles. The molecule has 0 fully saturated rings. The zero-order valence-corrected chi connectivity index (χ0v) is 20.6. The Balaban J connectivity index is 1.79. The van der Waals surface area contributed by atoms with Crippen molar-refractivity contribution in [3.8, 4) is 5.75 Å². The van der Waals surface area contributed by atoms with Crippen LogP contribution in [0.15, 0.2) is 48.5 Å². The molecular formula is C26H31FN2O5. The second-order valence-electron chi connectivity index (χ2n) is 9.98. The number of rotatable bonds is 4. The van der Waals surface area contributed by atoms with Crippen molar-refractivity contribution in [2.75, 3.05) is 11.9 Å². The van der Waals surface area contributed by atoms with E-state index in [2.05, 4.69) is 0 Å². The molecule has 2 aromatic carbocycles. The molecule has 0 bridgehead atoms. The van der Waals surface area contributed by atoms with Gasteiger partial charge < -0.3 is 14.2 Å². The van der Waals surface area contributed by atoms with Gasteiger partial charge in [-0.05, 0) is 90.1 Å². The first kappa shape index (κ1) is 25.1. The molecule has 0 spiro atoms. The fourth-order valence-electron chi connectivity index (χ4n) is 3.22. The zero-order chi connectivity index (χ0) is 25.3. The van der Waals surface area contributed by atoms with Crippen molar-refractivity contribution in [2.24, 2.45) is 0 Å². The van der Waals surface area contributed by atoms with E-state index in [-0.39, 0.29) is 6.61 Å². The average Bonchev–Trinajstić information content (AvgIpc) is 3.07. The number of carbonyl (C=O) groups is 2. The molecule has 0 unspecified atom stereocenters. The Morgan fingerprint density at radius 2 is 1.53 bits per heavy atom. The van der Waals surface area contributed by atoms with E-state index in [0.717, 1.165) is 0 Å². The van der Waals surface area contributed by atoms with Gasteiger partial charge in [0.2, 0.25) is 0 Å². The lowest BCUT2D eigenvalue weighted by molar-refractivity contribution is 0.0533. The van der Waals surface area contributed by atoms with Crippen molar-refractivity contribution in [1.82, 2.24) is 4.57 Å². The Kier molecular flexibility index (Phi) is 6.91. The Hall–Kier alpha value is -3.55. The molecule has 0 aliphatic rings. The largest absolute Gasteiger partial charge is 0.487 e. The van der Waals surface area contributed by atoms with Crippen LogP contribution in [-0.4, -0.2) is 35.0 Å². The van der Waals surface area contributed by atoms with E-state index < -0.39 is 29.2 Å². The summed E-state index contributed by atoms with van der Waals surface area (Å²) in [5.41, 5.74) is 0.255. The van der Waals surface area contributed by atoms with E-state index in [4.69, 9.17) is 14.2 Å². The topological polar surface area (TPSA) is 70.0 Å². The van der Waals surface area contributed by atoms with Crippen molar-refractivity contribution < 1.29 is 28.2 Å². The number of ether oxygens (including phenoxy) is 3. The number of fused-ring (bicyclic) bond motifs is 1. The summed E-state index contributed by atoms with van der Waals surface area (Å²) in [4.78, 5) is 26.5. The van der Waals surface area contributed by atoms with Crippen LogP contribution < -0.4 is 9.64 Å². The molecular weight excluding hydrogens is 439 g/mol. The Morgan fingerprint density at radius 3 is 2.12 bits per heavy atom. The molecule has 8 heteroatoms. The molecule has 0 N–H and O–H groups in total. The van der Waals surface area contributed by atoms with E-state index >= 15 is 0 Å². The minimum Gasteiger partial charge on any atom is -0.487 e. The average molecular weight is 471 g/mol. The van der Waals surface area contributed by atoms with Gasteiger partial charge in [0.05, 0.1) is 11.2 Å². The SMILES string of the molecule is CN(C(=O)OC(C)(C)C)c1ccc(OCc2cc3ccc(F)cc3n2C(=O)OC(C)(C)C)cc1.